The molecule has 1 saturated heterocycles. The molecule has 7 heteroatoms. The van der Waals surface area contributed by atoms with Gasteiger partial charge in [-0.1, -0.05) is 54.1 Å². The molecule has 4 rings (SSSR count). The highest BCUT2D eigenvalue weighted by Crippen LogP contribution is 2.26. The van der Waals surface area contributed by atoms with E-state index in [2.05, 4.69) is 5.32 Å². The van der Waals surface area contributed by atoms with Gasteiger partial charge in [0.2, 0.25) is 5.91 Å². The lowest BCUT2D eigenvalue weighted by molar-refractivity contribution is -0.126. The average Bonchev–Trinajstić information content (AvgIpc) is 2.91. The van der Waals surface area contributed by atoms with Gasteiger partial charge in [0.25, 0.3) is 5.91 Å². The van der Waals surface area contributed by atoms with Gasteiger partial charge in [-0.25, -0.2) is 0 Å². The van der Waals surface area contributed by atoms with E-state index in [1.54, 1.807) is 23.1 Å². The first-order valence-corrected chi connectivity index (χ1v) is 12.1. The van der Waals surface area contributed by atoms with Crippen molar-refractivity contribution in [3.05, 3.63) is 94.5 Å². The van der Waals surface area contributed by atoms with Crippen molar-refractivity contribution < 1.29 is 19.1 Å². The molecule has 35 heavy (non-hydrogen) atoms. The van der Waals surface area contributed by atoms with E-state index in [0.717, 1.165) is 16.9 Å². The molecule has 3 aromatic carbocycles. The number of methoxy groups -OCH3 is 1. The first-order chi connectivity index (χ1) is 17.0. The summed E-state index contributed by atoms with van der Waals surface area (Å²) in [4.78, 5) is 27.5. The van der Waals surface area contributed by atoms with Gasteiger partial charge < -0.3 is 19.7 Å². The maximum atomic E-state index is 13.0. The number of hydrogen-bond acceptors (Lipinski definition) is 4. The predicted molar refractivity (Wildman–Crippen MR) is 136 cm³/mol. The summed E-state index contributed by atoms with van der Waals surface area (Å²) < 4.78 is 11.2. The molecule has 1 aliphatic rings. The Kier molecular flexibility index (Phi) is 8.27. The Bertz CT molecular complexity index is 1160. The Hall–Kier alpha value is -3.51. The normalized spacial score (nSPS) is 13.8. The Balaban J connectivity index is 1.26. The molecule has 0 aliphatic carbocycles. The lowest BCUT2D eigenvalue weighted by atomic mass is 9.95. The molecule has 182 valence electrons. The highest BCUT2D eigenvalue weighted by Gasteiger charge is 2.29. The lowest BCUT2D eigenvalue weighted by Crippen LogP contribution is -2.43. The zero-order chi connectivity index (χ0) is 24.6. The highest BCUT2D eigenvalue weighted by atomic mass is 35.5. The zero-order valence-corrected chi connectivity index (χ0v) is 20.5. The van der Waals surface area contributed by atoms with Crippen LogP contribution in [0.3, 0.4) is 0 Å². The summed E-state index contributed by atoms with van der Waals surface area (Å²) in [6.45, 7) is 1.94. The van der Waals surface area contributed by atoms with E-state index in [9.17, 15) is 9.59 Å². The number of benzene rings is 3. The number of rotatable bonds is 8. The van der Waals surface area contributed by atoms with Crippen LogP contribution in [0.15, 0.2) is 72.8 Å². The van der Waals surface area contributed by atoms with Crippen LogP contribution < -0.4 is 14.8 Å². The number of nitrogens with zero attached hydrogens (tertiary/aromatic N) is 1. The third-order valence-electron chi connectivity index (χ3n) is 6.16. The quantitative estimate of drug-likeness (QED) is 0.475. The van der Waals surface area contributed by atoms with Gasteiger partial charge in [0, 0.05) is 30.6 Å². The van der Waals surface area contributed by atoms with Gasteiger partial charge in [0.15, 0.2) is 0 Å². The van der Waals surface area contributed by atoms with Crippen LogP contribution in [0.1, 0.15) is 34.3 Å². The van der Waals surface area contributed by atoms with Gasteiger partial charge >= 0.3 is 0 Å². The molecule has 2 amide bonds. The molecule has 0 spiro atoms. The minimum atomic E-state index is -0.129. The second-order valence-electron chi connectivity index (χ2n) is 8.55. The maximum Gasteiger partial charge on any atom is 0.257 e. The molecule has 0 radical (unpaired) electrons. The number of ether oxygens (including phenoxy) is 2. The molecule has 6 nitrogen and oxygen atoms in total. The number of nitrogens with one attached hydrogen (secondary N) is 1. The fraction of sp³-hybridized carbons (Fsp3) is 0.286. The van der Waals surface area contributed by atoms with Crippen LogP contribution in [0.25, 0.3) is 0 Å². The first kappa shape index (κ1) is 24.6. The van der Waals surface area contributed by atoms with Crippen molar-refractivity contribution in [2.45, 2.75) is 26.0 Å². The van der Waals surface area contributed by atoms with E-state index in [-0.39, 0.29) is 17.7 Å². The number of likely N-dealkylation sites (tertiary alicyclic amines) is 1. The second kappa shape index (κ2) is 11.8. The van der Waals surface area contributed by atoms with Crippen molar-refractivity contribution in [2.24, 2.45) is 5.92 Å². The van der Waals surface area contributed by atoms with Crippen LogP contribution >= 0.6 is 11.6 Å². The largest absolute Gasteiger partial charge is 0.496 e. The van der Waals surface area contributed by atoms with Crippen molar-refractivity contribution in [3.8, 4) is 11.5 Å². The van der Waals surface area contributed by atoms with Gasteiger partial charge in [-0.2, -0.15) is 0 Å². The maximum absolute atomic E-state index is 13.0. The number of amides is 2. The topological polar surface area (TPSA) is 67.9 Å². The molecule has 0 bridgehead atoms. The van der Waals surface area contributed by atoms with Gasteiger partial charge in [0.1, 0.15) is 18.1 Å². The van der Waals surface area contributed by atoms with E-state index < -0.39 is 0 Å². The summed E-state index contributed by atoms with van der Waals surface area (Å²) in [6, 6.07) is 22.8. The molecule has 3 aromatic rings. The molecule has 1 N–H and O–H groups in total. The van der Waals surface area contributed by atoms with Gasteiger partial charge in [0.05, 0.1) is 12.7 Å². The molecule has 1 aliphatic heterocycles. The van der Waals surface area contributed by atoms with Crippen molar-refractivity contribution in [2.75, 3.05) is 20.2 Å². The van der Waals surface area contributed by atoms with Gasteiger partial charge in [-0.3, -0.25) is 9.59 Å². The molecular weight excluding hydrogens is 464 g/mol. The Labute approximate surface area is 210 Å². The Morgan fingerprint density at radius 3 is 2.46 bits per heavy atom. The summed E-state index contributed by atoms with van der Waals surface area (Å²) >= 11 is 6.08. The van der Waals surface area contributed by atoms with Crippen molar-refractivity contribution in [3.63, 3.8) is 0 Å². The fourth-order valence-electron chi connectivity index (χ4n) is 4.18. The minimum Gasteiger partial charge on any atom is -0.496 e. The molecule has 0 unspecified atom stereocenters. The van der Waals surface area contributed by atoms with Crippen molar-refractivity contribution in [1.82, 2.24) is 10.2 Å². The minimum absolute atomic E-state index is 0.00745. The van der Waals surface area contributed by atoms with Crippen LogP contribution in [0.4, 0.5) is 0 Å². The van der Waals surface area contributed by atoms with Gasteiger partial charge in [-0.15, -0.1) is 0 Å². The van der Waals surface area contributed by atoms with Crippen LogP contribution in [-0.2, 0) is 17.9 Å². The first-order valence-electron chi connectivity index (χ1n) is 11.7. The Morgan fingerprint density at radius 1 is 0.971 bits per heavy atom. The van der Waals surface area contributed by atoms with Crippen LogP contribution in [0.2, 0.25) is 5.02 Å². The smallest absolute Gasteiger partial charge is 0.257 e. The zero-order valence-electron chi connectivity index (χ0n) is 19.7. The molecule has 0 atom stereocenters. The molecular formula is C28H29ClN2O4. The second-order valence-corrected chi connectivity index (χ2v) is 8.99. The lowest BCUT2D eigenvalue weighted by Gasteiger charge is -2.31. The van der Waals surface area contributed by atoms with E-state index in [1.807, 2.05) is 54.6 Å². The van der Waals surface area contributed by atoms with Crippen molar-refractivity contribution in [1.29, 1.82) is 0 Å². The van der Waals surface area contributed by atoms with Crippen LogP contribution in [-0.4, -0.2) is 36.9 Å². The molecule has 1 fully saturated rings. The number of carbonyl (C=O) groups excluding carboxylic acids is 2. The van der Waals surface area contributed by atoms with E-state index in [4.69, 9.17) is 21.1 Å². The molecule has 0 aromatic heterocycles. The average molecular weight is 493 g/mol. The summed E-state index contributed by atoms with van der Waals surface area (Å²) in [6.07, 6.45) is 1.22. The fourth-order valence-corrected chi connectivity index (χ4v) is 4.35. The van der Waals surface area contributed by atoms with E-state index >= 15 is 0 Å². The summed E-state index contributed by atoms with van der Waals surface area (Å²) in [5.41, 5.74) is 2.52. The molecule has 1 heterocycles. The summed E-state index contributed by atoms with van der Waals surface area (Å²) in [7, 11) is 1.53. The number of piperidine rings is 1. The number of carbonyl (C=O) groups is 2. The van der Waals surface area contributed by atoms with Crippen molar-refractivity contribution >= 4 is 23.4 Å². The van der Waals surface area contributed by atoms with E-state index in [1.165, 1.54) is 7.11 Å². The highest BCUT2D eigenvalue weighted by molar-refractivity contribution is 6.31. The summed E-state index contributed by atoms with van der Waals surface area (Å²) in [5.74, 6) is 1.01. The molecule has 0 saturated carbocycles. The monoisotopic (exact) mass is 492 g/mol. The van der Waals surface area contributed by atoms with E-state index in [0.29, 0.717) is 55.4 Å². The van der Waals surface area contributed by atoms with Crippen LogP contribution in [0, 0.1) is 5.92 Å². The van der Waals surface area contributed by atoms with Crippen LogP contribution in [0.5, 0.6) is 11.5 Å². The number of hydrogen-bond donors (Lipinski definition) is 1. The number of halogens is 1. The Morgan fingerprint density at radius 2 is 1.71 bits per heavy atom. The van der Waals surface area contributed by atoms with Gasteiger partial charge in [-0.05, 0) is 54.3 Å². The summed E-state index contributed by atoms with van der Waals surface area (Å²) in [5, 5.41) is 3.52. The third kappa shape index (κ3) is 6.55. The third-order valence-corrected chi connectivity index (χ3v) is 6.39. The predicted octanol–water partition coefficient (Wildman–Crippen LogP) is 5.10. The SMILES string of the molecule is COc1ccc(Cl)cc1C(=O)N1CCC(C(=O)NCc2cccc(OCc3ccccc3)c2)CC1. The standard InChI is InChI=1S/C28H29ClN2O4/c1-34-26-11-10-23(29)17-25(26)28(33)31-14-12-22(13-15-31)27(32)30-18-21-8-5-9-24(16-21)35-19-20-6-3-2-4-7-20/h2-11,16-17,22H,12-15,18-19H2,1H3,(H,30,32).